The fourth-order valence-electron chi connectivity index (χ4n) is 1.01. The Bertz CT molecular complexity index is 315. The average Bonchev–Trinajstić information content (AvgIpc) is 2.20. The first-order valence-corrected chi connectivity index (χ1v) is 5.09. The number of ether oxygens (including phenoxy) is 1. The van der Waals surface area contributed by atoms with E-state index < -0.39 is 0 Å². The third kappa shape index (κ3) is 3.12. The third-order valence-electron chi connectivity index (χ3n) is 1.71. The topological polar surface area (TPSA) is 38.3 Å². The molecule has 0 aromatic heterocycles. The molecule has 3 nitrogen and oxygen atoms in total. The minimum Gasteiger partial charge on any atom is -0.492 e. The van der Waals surface area contributed by atoms with E-state index >= 15 is 0 Å². The highest BCUT2D eigenvalue weighted by molar-refractivity contribution is 9.10. The molecular formula is C10H12BrNO2. The van der Waals surface area contributed by atoms with Gasteiger partial charge < -0.3 is 10.1 Å². The summed E-state index contributed by atoms with van der Waals surface area (Å²) in [6.45, 7) is 1.31. The molecule has 0 fully saturated rings. The van der Waals surface area contributed by atoms with Crippen LogP contribution < -0.4 is 10.1 Å². The van der Waals surface area contributed by atoms with E-state index in [9.17, 15) is 4.79 Å². The maximum absolute atomic E-state index is 10.7. The summed E-state index contributed by atoms with van der Waals surface area (Å²) in [5.41, 5.74) is 0.565. The van der Waals surface area contributed by atoms with Gasteiger partial charge in [0.15, 0.2) is 6.29 Å². The van der Waals surface area contributed by atoms with Crippen LogP contribution in [0.2, 0.25) is 0 Å². The Balaban J connectivity index is 2.70. The molecule has 0 heterocycles. The minimum absolute atomic E-state index is 0.555. The van der Waals surface area contributed by atoms with Gasteiger partial charge >= 0.3 is 0 Å². The SMILES string of the molecule is CNCCOc1ccc(Br)cc1C=O. The van der Waals surface area contributed by atoms with Gasteiger partial charge in [-0.05, 0) is 25.2 Å². The second-order valence-electron chi connectivity index (χ2n) is 2.75. The van der Waals surface area contributed by atoms with Crippen LogP contribution in [-0.2, 0) is 0 Å². The molecular weight excluding hydrogens is 246 g/mol. The summed E-state index contributed by atoms with van der Waals surface area (Å²) in [4.78, 5) is 10.7. The number of likely N-dealkylation sites (N-methyl/N-ethyl adjacent to an activating group) is 1. The van der Waals surface area contributed by atoms with Crippen LogP contribution in [0.3, 0.4) is 0 Å². The molecule has 4 heteroatoms. The fraction of sp³-hybridized carbons (Fsp3) is 0.300. The first-order chi connectivity index (χ1) is 6.77. The number of halogens is 1. The van der Waals surface area contributed by atoms with Crippen molar-refractivity contribution in [3.8, 4) is 5.75 Å². The van der Waals surface area contributed by atoms with Crippen molar-refractivity contribution in [2.45, 2.75) is 0 Å². The average molecular weight is 258 g/mol. The van der Waals surface area contributed by atoms with E-state index in [0.29, 0.717) is 17.9 Å². The first kappa shape index (κ1) is 11.2. The third-order valence-corrected chi connectivity index (χ3v) is 2.20. The number of nitrogens with one attached hydrogen (secondary N) is 1. The number of hydrogen-bond donors (Lipinski definition) is 1. The summed E-state index contributed by atoms with van der Waals surface area (Å²) < 4.78 is 6.28. The molecule has 0 aliphatic heterocycles. The Morgan fingerprint density at radius 2 is 2.36 bits per heavy atom. The van der Waals surface area contributed by atoms with E-state index in [0.717, 1.165) is 17.3 Å². The fourth-order valence-corrected chi connectivity index (χ4v) is 1.38. The Kier molecular flexibility index (Phi) is 4.62. The summed E-state index contributed by atoms with van der Waals surface area (Å²) in [5.74, 6) is 0.624. The van der Waals surface area contributed by atoms with E-state index in [1.807, 2.05) is 13.1 Å². The molecule has 0 bridgehead atoms. The molecule has 0 aliphatic carbocycles. The molecule has 1 rings (SSSR count). The zero-order chi connectivity index (χ0) is 10.4. The highest BCUT2D eigenvalue weighted by Crippen LogP contribution is 2.21. The number of benzene rings is 1. The number of hydrogen-bond acceptors (Lipinski definition) is 3. The second-order valence-corrected chi connectivity index (χ2v) is 3.67. The molecule has 0 spiro atoms. The molecule has 0 amide bonds. The molecule has 76 valence electrons. The van der Waals surface area contributed by atoms with Crippen molar-refractivity contribution in [3.05, 3.63) is 28.2 Å². The van der Waals surface area contributed by atoms with Crippen molar-refractivity contribution < 1.29 is 9.53 Å². The summed E-state index contributed by atoms with van der Waals surface area (Å²) in [6.07, 6.45) is 0.791. The lowest BCUT2D eigenvalue weighted by Crippen LogP contribution is -2.16. The van der Waals surface area contributed by atoms with Crippen LogP contribution in [0.5, 0.6) is 5.75 Å². The number of carbonyl (C=O) groups excluding carboxylic acids is 1. The minimum atomic E-state index is 0.555. The van der Waals surface area contributed by atoms with Gasteiger partial charge in [-0.2, -0.15) is 0 Å². The smallest absolute Gasteiger partial charge is 0.153 e. The van der Waals surface area contributed by atoms with Crippen LogP contribution >= 0.6 is 15.9 Å². The quantitative estimate of drug-likeness (QED) is 0.647. The van der Waals surface area contributed by atoms with Crippen molar-refractivity contribution in [2.24, 2.45) is 0 Å². The van der Waals surface area contributed by atoms with E-state index in [1.54, 1.807) is 12.1 Å². The van der Waals surface area contributed by atoms with Gasteiger partial charge in [0, 0.05) is 11.0 Å². The Hall–Kier alpha value is -0.870. The molecule has 0 unspecified atom stereocenters. The van der Waals surface area contributed by atoms with Crippen molar-refractivity contribution in [1.82, 2.24) is 5.32 Å². The Morgan fingerprint density at radius 3 is 3.00 bits per heavy atom. The molecule has 0 radical (unpaired) electrons. The molecule has 1 aromatic rings. The highest BCUT2D eigenvalue weighted by Gasteiger charge is 2.02. The van der Waals surface area contributed by atoms with Crippen LogP contribution in [0.25, 0.3) is 0 Å². The van der Waals surface area contributed by atoms with Gasteiger partial charge in [-0.1, -0.05) is 15.9 Å². The molecule has 0 saturated heterocycles. The molecule has 0 saturated carbocycles. The van der Waals surface area contributed by atoms with E-state index in [-0.39, 0.29) is 0 Å². The van der Waals surface area contributed by atoms with Crippen LogP contribution in [0.4, 0.5) is 0 Å². The zero-order valence-electron chi connectivity index (χ0n) is 7.92. The van der Waals surface area contributed by atoms with Crippen molar-refractivity contribution in [2.75, 3.05) is 20.2 Å². The van der Waals surface area contributed by atoms with Gasteiger partial charge in [0.1, 0.15) is 12.4 Å². The standard InChI is InChI=1S/C10H12BrNO2/c1-12-4-5-14-10-3-2-9(11)6-8(10)7-13/h2-3,6-7,12H,4-5H2,1H3. The number of carbonyl (C=O) groups is 1. The van der Waals surface area contributed by atoms with Gasteiger partial charge in [-0.15, -0.1) is 0 Å². The Labute approximate surface area is 91.6 Å². The zero-order valence-corrected chi connectivity index (χ0v) is 9.50. The summed E-state index contributed by atoms with van der Waals surface area (Å²) in [5, 5.41) is 2.96. The maximum Gasteiger partial charge on any atom is 0.153 e. The lowest BCUT2D eigenvalue weighted by Gasteiger charge is -2.07. The molecule has 0 aliphatic rings. The predicted octanol–water partition coefficient (Wildman–Crippen LogP) is 1.86. The normalized spacial score (nSPS) is 9.86. The summed E-state index contributed by atoms with van der Waals surface area (Å²) >= 11 is 3.29. The molecule has 14 heavy (non-hydrogen) atoms. The van der Waals surface area contributed by atoms with Gasteiger partial charge in [-0.3, -0.25) is 4.79 Å². The summed E-state index contributed by atoms with van der Waals surface area (Å²) in [6, 6.07) is 5.37. The maximum atomic E-state index is 10.7. The van der Waals surface area contributed by atoms with Gasteiger partial charge in [0.2, 0.25) is 0 Å². The van der Waals surface area contributed by atoms with Gasteiger partial charge in [0.25, 0.3) is 0 Å². The Morgan fingerprint density at radius 1 is 1.57 bits per heavy atom. The summed E-state index contributed by atoms with van der Waals surface area (Å²) in [7, 11) is 1.85. The number of rotatable bonds is 5. The monoisotopic (exact) mass is 257 g/mol. The lowest BCUT2D eigenvalue weighted by molar-refractivity contribution is 0.111. The van der Waals surface area contributed by atoms with Crippen LogP contribution in [0, 0.1) is 0 Å². The first-order valence-electron chi connectivity index (χ1n) is 4.30. The lowest BCUT2D eigenvalue weighted by atomic mass is 10.2. The van der Waals surface area contributed by atoms with Gasteiger partial charge in [-0.25, -0.2) is 0 Å². The van der Waals surface area contributed by atoms with E-state index in [2.05, 4.69) is 21.2 Å². The molecule has 0 atom stereocenters. The van der Waals surface area contributed by atoms with Crippen LogP contribution in [0.15, 0.2) is 22.7 Å². The van der Waals surface area contributed by atoms with Gasteiger partial charge in [0.05, 0.1) is 5.56 Å². The van der Waals surface area contributed by atoms with Crippen molar-refractivity contribution in [1.29, 1.82) is 0 Å². The van der Waals surface area contributed by atoms with Crippen molar-refractivity contribution >= 4 is 22.2 Å². The highest BCUT2D eigenvalue weighted by atomic mass is 79.9. The van der Waals surface area contributed by atoms with Crippen molar-refractivity contribution in [3.63, 3.8) is 0 Å². The molecule has 1 N–H and O–H groups in total. The van der Waals surface area contributed by atoms with Crippen LogP contribution in [-0.4, -0.2) is 26.5 Å². The largest absolute Gasteiger partial charge is 0.492 e. The molecule has 1 aromatic carbocycles. The van der Waals surface area contributed by atoms with E-state index in [4.69, 9.17) is 4.74 Å². The predicted molar refractivity (Wildman–Crippen MR) is 59.0 cm³/mol. The number of aldehydes is 1. The second kappa shape index (κ2) is 5.78. The van der Waals surface area contributed by atoms with Crippen LogP contribution in [0.1, 0.15) is 10.4 Å². The van der Waals surface area contributed by atoms with E-state index in [1.165, 1.54) is 0 Å².